The lowest BCUT2D eigenvalue weighted by Crippen LogP contribution is -2.57. The Morgan fingerprint density at radius 1 is 1.11 bits per heavy atom. The van der Waals surface area contributed by atoms with Crippen LogP contribution >= 0.6 is 0 Å². The predicted octanol–water partition coefficient (Wildman–Crippen LogP) is 0.0307. The van der Waals surface area contributed by atoms with Crippen LogP contribution in [-0.2, 0) is 16.1 Å². The summed E-state index contributed by atoms with van der Waals surface area (Å²) in [7, 11) is 0. The molecule has 0 amide bonds. The average molecular weight is 254 g/mol. The summed E-state index contributed by atoms with van der Waals surface area (Å²) in [5.74, 6) is 0. The van der Waals surface area contributed by atoms with Crippen molar-refractivity contribution in [1.82, 2.24) is 0 Å². The average Bonchev–Trinajstić information content (AvgIpc) is 2.37. The van der Waals surface area contributed by atoms with Crippen molar-refractivity contribution < 1.29 is 24.8 Å². The van der Waals surface area contributed by atoms with Gasteiger partial charge in [0.05, 0.1) is 12.7 Å². The van der Waals surface area contributed by atoms with Gasteiger partial charge in [-0.3, -0.25) is 0 Å². The van der Waals surface area contributed by atoms with Gasteiger partial charge in [-0.25, -0.2) is 0 Å². The van der Waals surface area contributed by atoms with Crippen LogP contribution in [0.5, 0.6) is 0 Å². The number of aliphatic hydroxyl groups excluding tert-OH is 3. The Morgan fingerprint density at radius 3 is 2.44 bits per heavy atom. The Labute approximate surface area is 106 Å². The highest BCUT2D eigenvalue weighted by atomic mass is 16.6. The third kappa shape index (κ3) is 2.88. The van der Waals surface area contributed by atoms with Crippen LogP contribution in [0.1, 0.15) is 12.5 Å². The van der Waals surface area contributed by atoms with E-state index in [9.17, 15) is 15.3 Å². The van der Waals surface area contributed by atoms with Gasteiger partial charge in [0.15, 0.2) is 6.29 Å². The molecule has 0 saturated carbocycles. The lowest BCUT2D eigenvalue weighted by atomic mass is 10.00. The largest absolute Gasteiger partial charge is 0.387 e. The number of hydrogen-bond acceptors (Lipinski definition) is 5. The molecular weight excluding hydrogens is 236 g/mol. The van der Waals surface area contributed by atoms with Crippen LogP contribution < -0.4 is 0 Å². The first kappa shape index (κ1) is 13.5. The monoisotopic (exact) mass is 254 g/mol. The first-order valence-electron chi connectivity index (χ1n) is 5.95. The van der Waals surface area contributed by atoms with Crippen LogP contribution in [0.25, 0.3) is 0 Å². The van der Waals surface area contributed by atoms with Crippen molar-refractivity contribution in [2.75, 3.05) is 0 Å². The molecule has 0 spiro atoms. The Balaban J connectivity index is 1.96. The van der Waals surface area contributed by atoms with Crippen molar-refractivity contribution in [3.05, 3.63) is 35.9 Å². The predicted molar refractivity (Wildman–Crippen MR) is 63.6 cm³/mol. The first-order valence-corrected chi connectivity index (χ1v) is 5.95. The number of benzene rings is 1. The molecule has 5 nitrogen and oxygen atoms in total. The smallest absolute Gasteiger partial charge is 0.183 e. The molecule has 1 aromatic carbocycles. The summed E-state index contributed by atoms with van der Waals surface area (Å²) in [6.45, 7) is 2.01. The van der Waals surface area contributed by atoms with E-state index in [4.69, 9.17) is 9.47 Å². The fourth-order valence-electron chi connectivity index (χ4n) is 2.02. The number of rotatable bonds is 3. The maximum Gasteiger partial charge on any atom is 0.183 e. The van der Waals surface area contributed by atoms with E-state index in [-0.39, 0.29) is 0 Å². The molecule has 18 heavy (non-hydrogen) atoms. The second-order valence-corrected chi connectivity index (χ2v) is 4.47. The van der Waals surface area contributed by atoms with E-state index >= 15 is 0 Å². The van der Waals surface area contributed by atoms with Crippen LogP contribution in [-0.4, -0.2) is 46.0 Å². The third-order valence-corrected chi connectivity index (χ3v) is 3.08. The van der Waals surface area contributed by atoms with Crippen molar-refractivity contribution in [3.8, 4) is 0 Å². The van der Waals surface area contributed by atoms with Crippen LogP contribution in [0, 0.1) is 0 Å². The maximum atomic E-state index is 9.84. The Morgan fingerprint density at radius 2 is 1.78 bits per heavy atom. The second-order valence-electron chi connectivity index (χ2n) is 4.47. The number of aliphatic hydroxyl groups is 3. The van der Waals surface area contributed by atoms with Gasteiger partial charge in [-0.15, -0.1) is 0 Å². The second kappa shape index (κ2) is 5.77. The van der Waals surface area contributed by atoms with Crippen molar-refractivity contribution in [2.24, 2.45) is 0 Å². The van der Waals surface area contributed by atoms with Gasteiger partial charge in [0.2, 0.25) is 0 Å². The topological polar surface area (TPSA) is 79.2 Å². The summed E-state index contributed by atoms with van der Waals surface area (Å²) in [6.07, 6.45) is -5.02. The van der Waals surface area contributed by atoms with Crippen LogP contribution in [0.15, 0.2) is 30.3 Å². The minimum absolute atomic E-state index is 0.319. The van der Waals surface area contributed by atoms with Gasteiger partial charge < -0.3 is 24.8 Å². The molecule has 3 N–H and O–H groups in total. The van der Waals surface area contributed by atoms with Crippen molar-refractivity contribution >= 4 is 0 Å². The lowest BCUT2D eigenvalue weighted by molar-refractivity contribution is -0.287. The van der Waals surface area contributed by atoms with Gasteiger partial charge in [0, 0.05) is 0 Å². The lowest BCUT2D eigenvalue weighted by Gasteiger charge is -2.39. The van der Waals surface area contributed by atoms with Crippen LogP contribution in [0.2, 0.25) is 0 Å². The van der Waals surface area contributed by atoms with E-state index in [2.05, 4.69) is 0 Å². The summed E-state index contributed by atoms with van der Waals surface area (Å²) in [5, 5.41) is 28.7. The maximum absolute atomic E-state index is 9.84. The molecule has 1 heterocycles. The third-order valence-electron chi connectivity index (χ3n) is 3.08. The number of ether oxygens (including phenoxy) is 2. The molecule has 1 saturated heterocycles. The SMILES string of the molecule is C[C@H]1O[C@@H](O)[C@@H](O)[C@@H](O)[C@H]1OCc1ccccc1. The fraction of sp³-hybridized carbons (Fsp3) is 0.538. The Bertz CT molecular complexity index is 369. The summed E-state index contributed by atoms with van der Waals surface area (Å²) in [4.78, 5) is 0. The highest BCUT2D eigenvalue weighted by Gasteiger charge is 2.42. The molecule has 1 aliphatic rings. The molecule has 100 valence electrons. The van der Waals surface area contributed by atoms with Crippen LogP contribution in [0.3, 0.4) is 0 Å². The summed E-state index contributed by atoms with van der Waals surface area (Å²) in [5.41, 5.74) is 0.970. The van der Waals surface area contributed by atoms with Gasteiger partial charge in [-0.05, 0) is 12.5 Å². The van der Waals surface area contributed by atoms with Gasteiger partial charge in [-0.1, -0.05) is 30.3 Å². The van der Waals surface area contributed by atoms with Crippen molar-refractivity contribution in [3.63, 3.8) is 0 Å². The molecule has 0 radical (unpaired) electrons. The molecule has 1 aliphatic heterocycles. The fourth-order valence-corrected chi connectivity index (χ4v) is 2.02. The zero-order valence-corrected chi connectivity index (χ0v) is 10.1. The first-order chi connectivity index (χ1) is 8.59. The van der Waals surface area contributed by atoms with E-state index in [1.165, 1.54) is 0 Å². The van der Waals surface area contributed by atoms with E-state index in [1.807, 2.05) is 30.3 Å². The summed E-state index contributed by atoms with van der Waals surface area (Å²) in [6, 6.07) is 9.52. The quantitative estimate of drug-likeness (QED) is 0.709. The van der Waals surface area contributed by atoms with E-state index in [0.717, 1.165) is 5.56 Å². The molecule has 5 atom stereocenters. The molecule has 0 unspecified atom stereocenters. The minimum atomic E-state index is -1.37. The molecule has 1 aromatic rings. The summed E-state index contributed by atoms with van der Waals surface area (Å²) < 4.78 is 10.7. The highest BCUT2D eigenvalue weighted by Crippen LogP contribution is 2.23. The van der Waals surface area contributed by atoms with Gasteiger partial charge >= 0.3 is 0 Å². The van der Waals surface area contributed by atoms with Gasteiger partial charge in [0.1, 0.15) is 18.3 Å². The van der Waals surface area contributed by atoms with Crippen LogP contribution in [0.4, 0.5) is 0 Å². The molecule has 2 rings (SSSR count). The molecule has 0 bridgehead atoms. The van der Waals surface area contributed by atoms with Crippen molar-refractivity contribution in [2.45, 2.75) is 44.2 Å². The zero-order valence-electron chi connectivity index (χ0n) is 10.1. The summed E-state index contributed by atoms with van der Waals surface area (Å²) >= 11 is 0. The van der Waals surface area contributed by atoms with E-state index in [0.29, 0.717) is 6.61 Å². The van der Waals surface area contributed by atoms with Gasteiger partial charge in [0.25, 0.3) is 0 Å². The van der Waals surface area contributed by atoms with E-state index in [1.54, 1.807) is 6.92 Å². The Hall–Kier alpha value is -0.980. The molecule has 5 heteroatoms. The zero-order chi connectivity index (χ0) is 13.1. The molecule has 0 aromatic heterocycles. The number of hydrogen-bond donors (Lipinski definition) is 3. The van der Waals surface area contributed by atoms with E-state index < -0.39 is 30.7 Å². The molecule has 0 aliphatic carbocycles. The van der Waals surface area contributed by atoms with Gasteiger partial charge in [-0.2, -0.15) is 0 Å². The Kier molecular flexibility index (Phi) is 4.31. The highest BCUT2D eigenvalue weighted by molar-refractivity contribution is 5.13. The minimum Gasteiger partial charge on any atom is -0.387 e. The molecule has 1 fully saturated rings. The standard InChI is InChI=1S/C13H18O5/c1-8-12(10(14)11(15)13(16)18-8)17-7-9-5-3-2-4-6-9/h2-6,8,10-16H,7H2,1H3/t8-,10-,11+,12+,13-/m1/s1. The van der Waals surface area contributed by atoms with Crippen molar-refractivity contribution in [1.29, 1.82) is 0 Å². The molecular formula is C13H18O5. The normalized spacial score (nSPS) is 36.6.